The molecular formula is C21H20N4O3. The monoisotopic (exact) mass is 376 g/mol. The lowest BCUT2D eigenvalue weighted by molar-refractivity contribution is 0.0294. The second kappa shape index (κ2) is 6.76. The Hall–Kier alpha value is -3.19. The number of nitrogens with zero attached hydrogens (tertiary/aromatic N) is 4. The molecule has 0 spiro atoms. The Balaban J connectivity index is 1.55. The first kappa shape index (κ1) is 16.9. The number of hydrogen-bond acceptors (Lipinski definition) is 4. The van der Waals surface area contributed by atoms with Crippen LogP contribution < -0.4 is 4.90 Å². The van der Waals surface area contributed by atoms with Gasteiger partial charge in [-0.3, -0.25) is 14.0 Å². The number of fused-ring (bicyclic) bond motifs is 2. The fourth-order valence-electron chi connectivity index (χ4n) is 3.93. The number of para-hydroxylation sites is 1. The molecular weight excluding hydrogens is 356 g/mol. The molecule has 1 saturated heterocycles. The molecule has 2 aromatic heterocycles. The van der Waals surface area contributed by atoms with Crippen LogP contribution in [0.4, 0.5) is 5.69 Å². The van der Waals surface area contributed by atoms with Crippen molar-refractivity contribution >= 4 is 23.0 Å². The van der Waals surface area contributed by atoms with Gasteiger partial charge in [0, 0.05) is 31.5 Å². The molecule has 0 bridgehead atoms. The molecule has 4 heterocycles. The van der Waals surface area contributed by atoms with Crippen molar-refractivity contribution in [3.63, 3.8) is 0 Å². The highest BCUT2D eigenvalue weighted by Crippen LogP contribution is 2.29. The molecule has 2 aliphatic rings. The highest BCUT2D eigenvalue weighted by molar-refractivity contribution is 6.11. The van der Waals surface area contributed by atoms with Gasteiger partial charge in [0.25, 0.3) is 11.8 Å². The Morgan fingerprint density at radius 3 is 2.57 bits per heavy atom. The average molecular weight is 376 g/mol. The third kappa shape index (κ3) is 2.66. The molecule has 142 valence electrons. The summed E-state index contributed by atoms with van der Waals surface area (Å²) in [7, 11) is 0. The van der Waals surface area contributed by atoms with Crippen LogP contribution in [-0.4, -0.2) is 58.9 Å². The number of rotatable bonds is 2. The number of carbonyl (C=O) groups excluding carboxylic acids is 2. The zero-order valence-electron chi connectivity index (χ0n) is 15.4. The second-order valence-corrected chi connectivity index (χ2v) is 6.98. The summed E-state index contributed by atoms with van der Waals surface area (Å²) in [6.45, 7) is 2.72. The number of anilines is 1. The molecule has 0 atom stereocenters. The largest absolute Gasteiger partial charge is 0.378 e. The van der Waals surface area contributed by atoms with Crippen molar-refractivity contribution in [3.05, 3.63) is 65.7 Å². The predicted molar refractivity (Wildman–Crippen MR) is 104 cm³/mol. The third-order valence-corrected chi connectivity index (χ3v) is 5.37. The number of hydrogen-bond donors (Lipinski definition) is 0. The lowest BCUT2D eigenvalue weighted by Crippen LogP contribution is -2.41. The number of benzene rings is 1. The number of carbonyl (C=O) groups is 2. The van der Waals surface area contributed by atoms with Gasteiger partial charge in [-0.2, -0.15) is 0 Å². The molecule has 3 aromatic rings. The molecule has 0 aliphatic carbocycles. The van der Waals surface area contributed by atoms with E-state index in [1.165, 1.54) is 0 Å². The van der Waals surface area contributed by atoms with E-state index in [4.69, 9.17) is 4.74 Å². The van der Waals surface area contributed by atoms with Crippen LogP contribution >= 0.6 is 0 Å². The van der Waals surface area contributed by atoms with Crippen LogP contribution in [0, 0.1) is 0 Å². The summed E-state index contributed by atoms with van der Waals surface area (Å²) < 4.78 is 7.05. The lowest BCUT2D eigenvalue weighted by Gasteiger charge is -2.26. The van der Waals surface area contributed by atoms with Crippen LogP contribution in [0.5, 0.6) is 0 Å². The fourth-order valence-corrected chi connectivity index (χ4v) is 3.93. The normalized spacial score (nSPS) is 16.4. The number of morpholine rings is 1. The molecule has 1 fully saturated rings. The minimum absolute atomic E-state index is 0.172. The Labute approximate surface area is 162 Å². The standard InChI is InChI=1S/C21H20N4O3/c26-20(25-10-8-15-5-1-2-6-16(15)25)18-17-7-3-4-9-24(17)19(22-18)21(27)23-11-13-28-14-12-23/h1-7,9H,8,10-14H2. The minimum atomic E-state index is -0.176. The van der Waals surface area contributed by atoms with Crippen LogP contribution in [0.25, 0.3) is 5.52 Å². The molecule has 2 aliphatic heterocycles. The van der Waals surface area contributed by atoms with Gasteiger partial charge in [-0.05, 0) is 30.2 Å². The summed E-state index contributed by atoms with van der Waals surface area (Å²) in [5.74, 6) is -0.0756. The van der Waals surface area contributed by atoms with Crippen molar-refractivity contribution in [2.45, 2.75) is 6.42 Å². The summed E-state index contributed by atoms with van der Waals surface area (Å²) in [5.41, 5.74) is 3.04. The summed E-state index contributed by atoms with van der Waals surface area (Å²) in [5, 5.41) is 0. The Morgan fingerprint density at radius 2 is 1.71 bits per heavy atom. The van der Waals surface area contributed by atoms with Gasteiger partial charge < -0.3 is 14.5 Å². The van der Waals surface area contributed by atoms with Crippen molar-refractivity contribution in [2.24, 2.45) is 0 Å². The van der Waals surface area contributed by atoms with E-state index in [9.17, 15) is 9.59 Å². The van der Waals surface area contributed by atoms with E-state index in [-0.39, 0.29) is 17.6 Å². The van der Waals surface area contributed by atoms with Gasteiger partial charge in [-0.1, -0.05) is 24.3 Å². The van der Waals surface area contributed by atoms with Crippen LogP contribution in [0.1, 0.15) is 26.7 Å². The minimum Gasteiger partial charge on any atom is -0.378 e. The number of aromatic nitrogens is 2. The first-order valence-electron chi connectivity index (χ1n) is 9.48. The van der Waals surface area contributed by atoms with Gasteiger partial charge >= 0.3 is 0 Å². The summed E-state index contributed by atoms with van der Waals surface area (Å²) in [6.07, 6.45) is 2.61. The Kier molecular flexibility index (Phi) is 4.09. The molecule has 28 heavy (non-hydrogen) atoms. The van der Waals surface area contributed by atoms with Crippen molar-refractivity contribution < 1.29 is 14.3 Å². The van der Waals surface area contributed by atoms with Gasteiger partial charge in [0.15, 0.2) is 5.69 Å². The maximum atomic E-state index is 13.3. The summed E-state index contributed by atoms with van der Waals surface area (Å²) >= 11 is 0. The number of amides is 2. The van der Waals surface area contributed by atoms with Crippen molar-refractivity contribution in [1.82, 2.24) is 14.3 Å². The van der Waals surface area contributed by atoms with E-state index >= 15 is 0 Å². The van der Waals surface area contributed by atoms with E-state index in [0.29, 0.717) is 44.1 Å². The zero-order valence-corrected chi connectivity index (χ0v) is 15.4. The Morgan fingerprint density at radius 1 is 0.929 bits per heavy atom. The van der Waals surface area contributed by atoms with Gasteiger partial charge in [0.2, 0.25) is 5.82 Å². The molecule has 7 heteroatoms. The molecule has 0 N–H and O–H groups in total. The van der Waals surface area contributed by atoms with E-state index < -0.39 is 0 Å². The van der Waals surface area contributed by atoms with Crippen molar-refractivity contribution in [1.29, 1.82) is 0 Å². The van der Waals surface area contributed by atoms with E-state index in [1.807, 2.05) is 42.5 Å². The molecule has 5 rings (SSSR count). The smallest absolute Gasteiger partial charge is 0.290 e. The first-order valence-corrected chi connectivity index (χ1v) is 9.48. The SMILES string of the molecule is O=C(c1nc(C(=O)N2CCc3ccccc32)c2ccccn12)N1CCOCC1. The van der Waals surface area contributed by atoms with Crippen LogP contribution in [0.2, 0.25) is 0 Å². The Bertz CT molecular complexity index is 1070. The number of ether oxygens (including phenoxy) is 1. The second-order valence-electron chi connectivity index (χ2n) is 6.98. The molecule has 1 aromatic carbocycles. The first-order chi connectivity index (χ1) is 13.7. The zero-order chi connectivity index (χ0) is 19.1. The third-order valence-electron chi connectivity index (χ3n) is 5.37. The topological polar surface area (TPSA) is 67.2 Å². The molecule has 0 radical (unpaired) electrons. The van der Waals surface area contributed by atoms with Gasteiger partial charge in [0.05, 0.1) is 18.7 Å². The summed E-state index contributed by atoms with van der Waals surface area (Å²) in [4.78, 5) is 34.4. The molecule has 2 amide bonds. The maximum Gasteiger partial charge on any atom is 0.290 e. The van der Waals surface area contributed by atoms with Crippen molar-refractivity contribution in [3.8, 4) is 0 Å². The van der Waals surface area contributed by atoms with E-state index in [0.717, 1.165) is 17.7 Å². The summed E-state index contributed by atoms with van der Waals surface area (Å²) in [6, 6.07) is 13.4. The predicted octanol–water partition coefficient (Wildman–Crippen LogP) is 2.01. The fraction of sp³-hybridized carbons (Fsp3) is 0.286. The average Bonchev–Trinajstić information content (AvgIpc) is 3.35. The van der Waals surface area contributed by atoms with Gasteiger partial charge in [0.1, 0.15) is 0 Å². The van der Waals surface area contributed by atoms with Gasteiger partial charge in [-0.25, -0.2) is 4.98 Å². The van der Waals surface area contributed by atoms with Crippen LogP contribution in [-0.2, 0) is 11.2 Å². The van der Waals surface area contributed by atoms with Crippen molar-refractivity contribution in [2.75, 3.05) is 37.7 Å². The quantitative estimate of drug-likeness (QED) is 0.686. The van der Waals surface area contributed by atoms with Crippen LogP contribution in [0.3, 0.4) is 0 Å². The number of imidazole rings is 1. The van der Waals surface area contributed by atoms with Crippen LogP contribution in [0.15, 0.2) is 48.7 Å². The van der Waals surface area contributed by atoms with E-state index in [1.54, 1.807) is 20.4 Å². The molecule has 0 saturated carbocycles. The van der Waals surface area contributed by atoms with Gasteiger partial charge in [-0.15, -0.1) is 0 Å². The highest BCUT2D eigenvalue weighted by Gasteiger charge is 2.31. The number of pyridine rings is 1. The highest BCUT2D eigenvalue weighted by atomic mass is 16.5. The molecule has 7 nitrogen and oxygen atoms in total. The maximum absolute atomic E-state index is 13.3. The van der Waals surface area contributed by atoms with E-state index in [2.05, 4.69) is 4.98 Å². The molecule has 0 unspecified atom stereocenters. The lowest BCUT2D eigenvalue weighted by atomic mass is 10.2.